The van der Waals surface area contributed by atoms with Gasteiger partial charge in [0.2, 0.25) is 0 Å². The fraction of sp³-hybridized carbons (Fsp3) is 0. The predicted octanol–water partition coefficient (Wildman–Crippen LogP) is 6.08. The van der Waals surface area contributed by atoms with E-state index in [1.807, 2.05) is 0 Å². The van der Waals surface area contributed by atoms with Gasteiger partial charge in [0.05, 0.1) is 36.4 Å². The van der Waals surface area contributed by atoms with Crippen molar-refractivity contribution in [2.24, 2.45) is 0 Å². The van der Waals surface area contributed by atoms with Crippen molar-refractivity contribution in [1.29, 1.82) is 0 Å². The summed E-state index contributed by atoms with van der Waals surface area (Å²) < 4.78 is 0. The highest BCUT2D eigenvalue weighted by molar-refractivity contribution is 7.80. The molecule has 120 valence electrons. The minimum atomic E-state index is -0.463. The number of halogens is 5. The number of nitrogens with one attached hydrogen (secondary N) is 2. The lowest BCUT2D eigenvalue weighted by Gasteiger charge is -2.13. The van der Waals surface area contributed by atoms with Gasteiger partial charge in [0, 0.05) is 0 Å². The molecule has 0 aromatic heterocycles. The Bertz CT molecular complexity index is 797. The van der Waals surface area contributed by atoms with Gasteiger partial charge in [0.15, 0.2) is 5.11 Å². The highest BCUT2D eigenvalue weighted by atomic mass is 35.5. The lowest BCUT2D eigenvalue weighted by molar-refractivity contribution is 0.0978. The van der Waals surface area contributed by atoms with Crippen molar-refractivity contribution >= 4 is 86.9 Å². The molecule has 0 aliphatic carbocycles. The number of anilines is 1. The Morgan fingerprint density at radius 2 is 1.57 bits per heavy atom. The molecule has 0 saturated heterocycles. The van der Waals surface area contributed by atoms with Crippen LogP contribution in [0.1, 0.15) is 10.4 Å². The van der Waals surface area contributed by atoms with E-state index < -0.39 is 5.91 Å². The maximum Gasteiger partial charge on any atom is 0.258 e. The van der Waals surface area contributed by atoms with Crippen molar-refractivity contribution in [3.05, 3.63) is 61.0 Å². The number of carbonyl (C=O) groups excluding carboxylic acids is 1. The molecular formula is C14H7Cl5N2OS. The quantitative estimate of drug-likeness (QED) is 0.346. The molecule has 23 heavy (non-hydrogen) atoms. The number of hydrogen-bond acceptors (Lipinski definition) is 2. The molecule has 0 radical (unpaired) electrons. The van der Waals surface area contributed by atoms with Crippen LogP contribution in [0.3, 0.4) is 0 Å². The molecule has 0 saturated carbocycles. The largest absolute Gasteiger partial charge is 0.331 e. The Balaban J connectivity index is 2.15. The van der Waals surface area contributed by atoms with Gasteiger partial charge in [-0.15, -0.1) is 0 Å². The van der Waals surface area contributed by atoms with E-state index in [-0.39, 0.29) is 30.8 Å². The van der Waals surface area contributed by atoms with Crippen molar-refractivity contribution in [3.8, 4) is 0 Å². The van der Waals surface area contributed by atoms with Gasteiger partial charge in [-0.25, -0.2) is 0 Å². The van der Waals surface area contributed by atoms with Crippen LogP contribution in [0.15, 0.2) is 30.3 Å². The van der Waals surface area contributed by atoms with Gasteiger partial charge in [0.1, 0.15) is 0 Å². The number of amides is 1. The van der Waals surface area contributed by atoms with E-state index in [0.717, 1.165) is 0 Å². The fourth-order valence-corrected chi connectivity index (χ4v) is 2.91. The maximum absolute atomic E-state index is 12.1. The summed E-state index contributed by atoms with van der Waals surface area (Å²) in [6.45, 7) is 0. The number of benzene rings is 2. The molecule has 0 spiro atoms. The summed E-state index contributed by atoms with van der Waals surface area (Å²) in [5.41, 5.74) is 0.604. The molecule has 0 heterocycles. The van der Waals surface area contributed by atoms with Crippen LogP contribution in [-0.4, -0.2) is 11.0 Å². The summed E-state index contributed by atoms with van der Waals surface area (Å²) in [7, 11) is 0. The molecule has 0 aliphatic heterocycles. The molecule has 2 rings (SSSR count). The highest BCUT2D eigenvalue weighted by Crippen LogP contribution is 2.40. The van der Waals surface area contributed by atoms with E-state index in [2.05, 4.69) is 10.6 Å². The summed E-state index contributed by atoms with van der Waals surface area (Å²) in [4.78, 5) is 12.1. The van der Waals surface area contributed by atoms with E-state index >= 15 is 0 Å². The van der Waals surface area contributed by atoms with Gasteiger partial charge in [-0.1, -0.05) is 70.1 Å². The lowest BCUT2D eigenvalue weighted by atomic mass is 10.2. The number of rotatable bonds is 2. The second-order valence-corrected chi connectivity index (χ2v) is 6.59. The van der Waals surface area contributed by atoms with Crippen molar-refractivity contribution in [3.63, 3.8) is 0 Å². The lowest BCUT2D eigenvalue weighted by Crippen LogP contribution is -2.34. The van der Waals surface area contributed by atoms with Gasteiger partial charge in [0.25, 0.3) is 5.91 Å². The van der Waals surface area contributed by atoms with Crippen LogP contribution < -0.4 is 10.6 Å². The molecule has 0 aliphatic rings. The van der Waals surface area contributed by atoms with Crippen LogP contribution in [0.25, 0.3) is 0 Å². The average Bonchev–Trinajstić information content (AvgIpc) is 2.50. The van der Waals surface area contributed by atoms with Crippen LogP contribution >= 0.6 is 70.2 Å². The van der Waals surface area contributed by atoms with Crippen molar-refractivity contribution in [2.45, 2.75) is 0 Å². The van der Waals surface area contributed by atoms with Gasteiger partial charge in [-0.3, -0.25) is 10.1 Å². The summed E-state index contributed by atoms with van der Waals surface area (Å²) in [6, 6.07) is 8.03. The number of hydrogen-bond donors (Lipinski definition) is 2. The first-order valence-electron chi connectivity index (χ1n) is 6.01. The zero-order valence-corrected chi connectivity index (χ0v) is 15.7. The average molecular weight is 429 g/mol. The van der Waals surface area contributed by atoms with E-state index in [1.54, 1.807) is 24.3 Å². The molecule has 2 N–H and O–H groups in total. The van der Waals surface area contributed by atoms with E-state index in [4.69, 9.17) is 70.2 Å². The minimum Gasteiger partial charge on any atom is -0.331 e. The smallest absolute Gasteiger partial charge is 0.258 e. The molecule has 3 nitrogen and oxygen atoms in total. The first kappa shape index (κ1) is 18.6. The molecule has 0 fully saturated rings. The number of carbonyl (C=O) groups is 1. The molecule has 2 aromatic carbocycles. The third-order valence-corrected chi connectivity index (χ3v) is 4.98. The Labute approximate surface area is 162 Å². The molecular weight excluding hydrogens is 421 g/mol. The maximum atomic E-state index is 12.1. The summed E-state index contributed by atoms with van der Waals surface area (Å²) in [5.74, 6) is -0.463. The Morgan fingerprint density at radius 3 is 2.22 bits per heavy atom. The molecule has 0 unspecified atom stereocenters. The van der Waals surface area contributed by atoms with Crippen molar-refractivity contribution in [2.75, 3.05) is 5.32 Å². The van der Waals surface area contributed by atoms with Crippen LogP contribution in [0.2, 0.25) is 25.1 Å². The zero-order chi connectivity index (χ0) is 17.1. The summed E-state index contributed by atoms with van der Waals surface area (Å²) >= 11 is 34.9. The third kappa shape index (κ3) is 4.41. The van der Waals surface area contributed by atoms with Crippen molar-refractivity contribution < 1.29 is 4.79 Å². The summed E-state index contributed by atoms with van der Waals surface area (Å²) in [6.07, 6.45) is 0. The van der Waals surface area contributed by atoms with Crippen LogP contribution in [0.4, 0.5) is 5.69 Å². The molecule has 1 amide bonds. The Morgan fingerprint density at radius 1 is 0.913 bits per heavy atom. The van der Waals surface area contributed by atoms with Gasteiger partial charge in [-0.2, -0.15) is 0 Å². The topological polar surface area (TPSA) is 41.1 Å². The Hall–Kier alpha value is -0.750. The SMILES string of the molecule is O=C(NC(=S)Nc1cc(Cl)c(Cl)c(Cl)c1Cl)c1ccccc1Cl. The third-order valence-electron chi connectivity index (χ3n) is 2.70. The van der Waals surface area contributed by atoms with E-state index in [9.17, 15) is 4.79 Å². The van der Waals surface area contributed by atoms with Crippen LogP contribution in [0, 0.1) is 0 Å². The standard InChI is InChI=1S/C14H7Cl5N2OS/c15-7-4-2-1-3-6(7)13(22)21-14(23)20-9-5-8(16)10(17)12(19)11(9)18/h1-5H,(H2,20,21,22,23). The molecule has 0 atom stereocenters. The van der Waals surface area contributed by atoms with Crippen LogP contribution in [-0.2, 0) is 0 Å². The number of thiocarbonyl (C=S) groups is 1. The van der Waals surface area contributed by atoms with Gasteiger partial charge >= 0.3 is 0 Å². The zero-order valence-electron chi connectivity index (χ0n) is 11.1. The van der Waals surface area contributed by atoms with Gasteiger partial charge < -0.3 is 5.32 Å². The van der Waals surface area contributed by atoms with Gasteiger partial charge in [-0.05, 0) is 30.4 Å². The normalized spacial score (nSPS) is 10.3. The van der Waals surface area contributed by atoms with E-state index in [0.29, 0.717) is 10.7 Å². The fourth-order valence-electron chi connectivity index (χ4n) is 1.63. The second-order valence-electron chi connectivity index (χ2n) is 4.24. The molecule has 2 aromatic rings. The second kappa shape index (κ2) is 7.88. The molecule has 9 heteroatoms. The van der Waals surface area contributed by atoms with E-state index in [1.165, 1.54) is 6.07 Å². The highest BCUT2D eigenvalue weighted by Gasteiger charge is 2.16. The minimum absolute atomic E-state index is 0.00581. The molecule has 0 bridgehead atoms. The Kier molecular flexibility index (Phi) is 6.37. The monoisotopic (exact) mass is 426 g/mol. The summed E-state index contributed by atoms with van der Waals surface area (Å²) in [5, 5.41) is 6.09. The predicted molar refractivity (Wildman–Crippen MR) is 102 cm³/mol. The first-order chi connectivity index (χ1) is 10.8. The first-order valence-corrected chi connectivity index (χ1v) is 8.31. The van der Waals surface area contributed by atoms with Crippen molar-refractivity contribution in [1.82, 2.24) is 5.32 Å². The van der Waals surface area contributed by atoms with Crippen LogP contribution in [0.5, 0.6) is 0 Å².